The molecule has 0 saturated carbocycles. The largest absolute Gasteiger partial charge is 0.507 e. The minimum atomic E-state index is -0.292. The van der Waals surface area contributed by atoms with Crippen LogP contribution in [0.2, 0.25) is 0 Å². The molecule has 0 saturated heterocycles. The zero-order chi connectivity index (χ0) is 28.2. The molecular weight excluding hydrogens is 476 g/mol. The van der Waals surface area contributed by atoms with Crippen LogP contribution in [0, 0.1) is 5.92 Å². The summed E-state index contributed by atoms with van der Waals surface area (Å²) in [4.78, 5) is 13.7. The Morgan fingerprint density at radius 2 is 1.38 bits per heavy atom. The molecule has 0 heterocycles. The summed E-state index contributed by atoms with van der Waals surface area (Å²) in [6.45, 7) is 13.0. The molecule has 0 amide bonds. The predicted octanol–water partition coefficient (Wildman–Crippen LogP) is 9.34. The molecule has 1 aliphatic carbocycles. The van der Waals surface area contributed by atoms with E-state index >= 15 is 0 Å². The first-order chi connectivity index (χ1) is 18.6. The van der Waals surface area contributed by atoms with Crippen LogP contribution in [0.1, 0.15) is 83.1 Å². The Kier molecular flexibility index (Phi) is 8.45. The lowest BCUT2D eigenvalue weighted by Gasteiger charge is -2.30. The zero-order valence-corrected chi connectivity index (χ0v) is 24.3. The summed E-state index contributed by atoms with van der Waals surface area (Å²) < 4.78 is 0. The molecule has 3 aromatic rings. The first kappa shape index (κ1) is 28.4. The quantitative estimate of drug-likeness (QED) is 0.287. The van der Waals surface area contributed by atoms with E-state index in [0.29, 0.717) is 5.57 Å². The number of benzene rings is 3. The molecule has 1 N–H and O–H groups in total. The number of aromatic hydroxyl groups is 1. The molecule has 0 radical (unpaired) electrons. The van der Waals surface area contributed by atoms with Crippen molar-refractivity contribution >= 4 is 11.4 Å². The molecule has 0 bridgehead atoms. The highest BCUT2D eigenvalue weighted by Gasteiger charge is 2.30. The molecule has 0 fully saturated rings. The van der Waals surface area contributed by atoms with Gasteiger partial charge in [0.05, 0.1) is 0 Å². The molecule has 0 aromatic heterocycles. The molecule has 1 unspecified atom stereocenters. The summed E-state index contributed by atoms with van der Waals surface area (Å²) in [7, 11) is 0. The highest BCUT2D eigenvalue weighted by atomic mass is 16.3. The second-order valence-corrected chi connectivity index (χ2v) is 11.9. The lowest BCUT2D eigenvalue weighted by Crippen LogP contribution is -2.22. The average molecular weight is 519 g/mol. The van der Waals surface area contributed by atoms with Crippen LogP contribution in [-0.4, -0.2) is 10.9 Å². The molecule has 3 aromatic carbocycles. The maximum Gasteiger partial charge on any atom is 0.186 e. The van der Waals surface area contributed by atoms with Crippen LogP contribution in [0.3, 0.4) is 0 Å². The number of rotatable bonds is 9. The van der Waals surface area contributed by atoms with Gasteiger partial charge in [-0.3, -0.25) is 4.79 Å². The van der Waals surface area contributed by atoms with Gasteiger partial charge in [-0.2, -0.15) is 0 Å². The number of carbonyl (C=O) groups is 1. The highest BCUT2D eigenvalue weighted by Crippen LogP contribution is 2.42. The Balaban J connectivity index is 1.77. The highest BCUT2D eigenvalue weighted by molar-refractivity contribution is 6.13. The first-order valence-corrected chi connectivity index (χ1v) is 14.2. The van der Waals surface area contributed by atoms with E-state index in [0.717, 1.165) is 41.5 Å². The third-order valence-electron chi connectivity index (χ3n) is 8.48. The van der Waals surface area contributed by atoms with Crippen LogP contribution in [-0.2, 0) is 15.6 Å². The van der Waals surface area contributed by atoms with Crippen molar-refractivity contribution in [1.29, 1.82) is 0 Å². The molecule has 0 spiro atoms. The van der Waals surface area contributed by atoms with Crippen molar-refractivity contribution in [2.75, 3.05) is 0 Å². The molecule has 2 heteroatoms. The topological polar surface area (TPSA) is 37.3 Å². The Morgan fingerprint density at radius 1 is 0.795 bits per heavy atom. The maximum absolute atomic E-state index is 13.7. The van der Waals surface area contributed by atoms with Gasteiger partial charge in [0.2, 0.25) is 0 Å². The molecule has 2 nitrogen and oxygen atoms in total. The summed E-state index contributed by atoms with van der Waals surface area (Å²) in [6, 6.07) is 26.7. The third-order valence-corrected chi connectivity index (χ3v) is 8.48. The third kappa shape index (κ3) is 5.86. The van der Waals surface area contributed by atoms with E-state index in [1.165, 1.54) is 11.1 Å². The number of hydrogen-bond donors (Lipinski definition) is 1. The second-order valence-electron chi connectivity index (χ2n) is 11.9. The molecule has 202 valence electrons. The number of ketones is 1. The van der Waals surface area contributed by atoms with Gasteiger partial charge in [0.15, 0.2) is 5.78 Å². The van der Waals surface area contributed by atoms with Crippen LogP contribution in [0.15, 0.2) is 108 Å². The Morgan fingerprint density at radius 3 is 1.92 bits per heavy atom. The van der Waals surface area contributed by atoms with Crippen LogP contribution in [0.4, 0.5) is 0 Å². The van der Waals surface area contributed by atoms with Crippen LogP contribution in [0.25, 0.3) is 5.57 Å². The van der Waals surface area contributed by atoms with E-state index in [-0.39, 0.29) is 28.3 Å². The van der Waals surface area contributed by atoms with E-state index in [9.17, 15) is 9.90 Å². The fourth-order valence-electron chi connectivity index (χ4n) is 5.66. The van der Waals surface area contributed by atoms with Crippen molar-refractivity contribution in [3.05, 3.63) is 130 Å². The summed E-state index contributed by atoms with van der Waals surface area (Å²) in [6.07, 6.45) is 8.96. The SMILES string of the molecule is CCCCC(C)C(=C1C=CC(C(C)(C)c2ccccc2)=CC1=O)c1ccc(C(C)(C)c2ccccc2)cc1O. The van der Waals surface area contributed by atoms with E-state index < -0.39 is 0 Å². The lowest BCUT2D eigenvalue weighted by molar-refractivity contribution is -0.111. The van der Waals surface area contributed by atoms with Gasteiger partial charge in [0, 0.05) is 22.0 Å². The zero-order valence-electron chi connectivity index (χ0n) is 24.3. The Labute approximate surface area is 234 Å². The van der Waals surface area contributed by atoms with Crippen molar-refractivity contribution in [2.24, 2.45) is 5.92 Å². The van der Waals surface area contributed by atoms with Crippen LogP contribution >= 0.6 is 0 Å². The van der Waals surface area contributed by atoms with Gasteiger partial charge in [-0.05, 0) is 52.3 Å². The number of allylic oxidation sites excluding steroid dienone is 6. The van der Waals surface area contributed by atoms with Gasteiger partial charge in [0.25, 0.3) is 0 Å². The van der Waals surface area contributed by atoms with E-state index in [1.54, 1.807) is 6.08 Å². The normalized spacial score (nSPS) is 16.2. The van der Waals surface area contributed by atoms with E-state index in [4.69, 9.17) is 0 Å². The first-order valence-electron chi connectivity index (χ1n) is 14.2. The van der Waals surface area contributed by atoms with Gasteiger partial charge in [-0.25, -0.2) is 0 Å². The van der Waals surface area contributed by atoms with Gasteiger partial charge < -0.3 is 5.11 Å². The fraction of sp³-hybridized carbons (Fsp3) is 0.324. The minimum Gasteiger partial charge on any atom is -0.507 e. The predicted molar refractivity (Wildman–Crippen MR) is 164 cm³/mol. The molecular formula is C37H42O2. The summed E-state index contributed by atoms with van der Waals surface area (Å²) >= 11 is 0. The Bertz CT molecular complexity index is 1400. The van der Waals surface area contributed by atoms with Crippen LogP contribution in [0.5, 0.6) is 5.75 Å². The summed E-state index contributed by atoms with van der Waals surface area (Å²) in [5.41, 5.74) is 6.20. The van der Waals surface area contributed by atoms with E-state index in [2.05, 4.69) is 78.0 Å². The number of hydrogen-bond acceptors (Lipinski definition) is 2. The maximum atomic E-state index is 13.7. The minimum absolute atomic E-state index is 0.00273. The average Bonchev–Trinajstić information content (AvgIpc) is 2.94. The van der Waals surface area contributed by atoms with Crippen LogP contribution < -0.4 is 0 Å². The monoisotopic (exact) mass is 518 g/mol. The van der Waals surface area contributed by atoms with Crippen molar-refractivity contribution in [3.8, 4) is 5.75 Å². The van der Waals surface area contributed by atoms with Gasteiger partial charge >= 0.3 is 0 Å². The number of carbonyl (C=O) groups excluding carboxylic acids is 1. The molecule has 4 rings (SSSR count). The molecule has 1 aliphatic rings. The fourth-order valence-corrected chi connectivity index (χ4v) is 5.66. The van der Waals surface area contributed by atoms with E-state index in [1.807, 2.05) is 54.6 Å². The molecule has 1 atom stereocenters. The van der Waals surface area contributed by atoms with Gasteiger partial charge in [0.1, 0.15) is 5.75 Å². The molecule has 0 aliphatic heterocycles. The van der Waals surface area contributed by atoms with Gasteiger partial charge in [-0.15, -0.1) is 0 Å². The standard InChI is InChI=1S/C37H42O2/c1-7-8-15-26(2)35(31-22-20-29(24-33(31)38)36(3,4)27-16-11-9-12-17-27)32-23-21-30(25-34(32)39)37(5,6)28-18-13-10-14-19-28/h9-14,16-26,38H,7-8,15H2,1-6H3. The van der Waals surface area contributed by atoms with Crippen molar-refractivity contribution in [1.82, 2.24) is 0 Å². The number of phenolic OH excluding ortho intramolecular Hbond substituents is 1. The number of phenols is 1. The molecule has 39 heavy (non-hydrogen) atoms. The van der Waals surface area contributed by atoms with Crippen molar-refractivity contribution in [2.45, 2.75) is 71.6 Å². The lowest BCUT2D eigenvalue weighted by atomic mass is 9.74. The van der Waals surface area contributed by atoms with Crippen molar-refractivity contribution in [3.63, 3.8) is 0 Å². The van der Waals surface area contributed by atoms with Crippen molar-refractivity contribution < 1.29 is 9.90 Å². The Hall–Kier alpha value is -3.65. The smallest absolute Gasteiger partial charge is 0.186 e. The number of unbranched alkanes of at least 4 members (excludes halogenated alkanes) is 1. The second kappa shape index (κ2) is 11.6. The van der Waals surface area contributed by atoms with Gasteiger partial charge in [-0.1, -0.05) is 139 Å². The summed E-state index contributed by atoms with van der Waals surface area (Å²) in [5.74, 6) is 0.357. The summed E-state index contributed by atoms with van der Waals surface area (Å²) in [5, 5.41) is 11.4.